The van der Waals surface area contributed by atoms with Crippen LogP contribution in [0.5, 0.6) is 0 Å². The van der Waals surface area contributed by atoms with Crippen LogP contribution in [0.2, 0.25) is 0 Å². The molecule has 6 heteroatoms. The molecule has 140 valence electrons. The number of aromatic nitrogens is 2. The van der Waals surface area contributed by atoms with Gasteiger partial charge >= 0.3 is 0 Å². The Morgan fingerprint density at radius 3 is 2.56 bits per heavy atom. The fourth-order valence-electron chi connectivity index (χ4n) is 2.60. The quantitative estimate of drug-likeness (QED) is 0.610. The normalized spacial score (nSPS) is 12.0. The SMILES string of the molecule is Cc1ccc(-c2noc(CN(C)C(=O)[C@H](C)SCc3ccccc3)n2)cc1. The van der Waals surface area contributed by atoms with Gasteiger partial charge in [-0.2, -0.15) is 4.98 Å². The average Bonchev–Trinajstić information content (AvgIpc) is 3.15. The number of hydrogen-bond acceptors (Lipinski definition) is 5. The van der Waals surface area contributed by atoms with Gasteiger partial charge in [0.1, 0.15) is 0 Å². The number of thioether (sulfide) groups is 1. The van der Waals surface area contributed by atoms with Gasteiger partial charge in [-0.15, -0.1) is 11.8 Å². The number of carbonyl (C=O) groups excluding carboxylic acids is 1. The molecule has 0 spiro atoms. The van der Waals surface area contributed by atoms with Gasteiger partial charge in [-0.1, -0.05) is 65.3 Å². The van der Waals surface area contributed by atoms with E-state index in [9.17, 15) is 4.79 Å². The van der Waals surface area contributed by atoms with E-state index in [-0.39, 0.29) is 11.2 Å². The number of carbonyl (C=O) groups is 1. The molecule has 1 amide bonds. The molecule has 0 aliphatic rings. The molecule has 2 aromatic carbocycles. The first-order chi connectivity index (χ1) is 13.0. The van der Waals surface area contributed by atoms with Crippen molar-refractivity contribution in [3.63, 3.8) is 0 Å². The van der Waals surface area contributed by atoms with Gasteiger partial charge in [0.05, 0.1) is 11.8 Å². The highest BCUT2D eigenvalue weighted by Crippen LogP contribution is 2.20. The van der Waals surface area contributed by atoms with Crippen LogP contribution >= 0.6 is 11.8 Å². The molecule has 1 aromatic heterocycles. The molecule has 0 radical (unpaired) electrons. The second-order valence-corrected chi connectivity index (χ2v) is 7.84. The monoisotopic (exact) mass is 381 g/mol. The van der Waals surface area contributed by atoms with Gasteiger partial charge in [0, 0.05) is 18.4 Å². The maximum atomic E-state index is 12.6. The zero-order chi connectivity index (χ0) is 19.2. The van der Waals surface area contributed by atoms with Crippen LogP contribution in [-0.2, 0) is 17.1 Å². The van der Waals surface area contributed by atoms with Crippen molar-refractivity contribution in [2.24, 2.45) is 0 Å². The zero-order valence-electron chi connectivity index (χ0n) is 15.8. The highest BCUT2D eigenvalue weighted by atomic mass is 32.2. The van der Waals surface area contributed by atoms with E-state index < -0.39 is 0 Å². The molecular weight excluding hydrogens is 358 g/mol. The fraction of sp³-hybridized carbons (Fsp3) is 0.286. The molecule has 0 unspecified atom stereocenters. The molecule has 0 aliphatic carbocycles. The van der Waals surface area contributed by atoms with Crippen LogP contribution in [0, 0.1) is 6.92 Å². The Morgan fingerprint density at radius 2 is 1.85 bits per heavy atom. The number of amides is 1. The van der Waals surface area contributed by atoms with Crippen LogP contribution in [0.1, 0.15) is 23.9 Å². The summed E-state index contributed by atoms with van der Waals surface area (Å²) in [6, 6.07) is 18.1. The summed E-state index contributed by atoms with van der Waals surface area (Å²) in [4.78, 5) is 18.6. The topological polar surface area (TPSA) is 59.2 Å². The highest BCUT2D eigenvalue weighted by Gasteiger charge is 2.20. The highest BCUT2D eigenvalue weighted by molar-refractivity contribution is 7.99. The number of aryl methyl sites for hydroxylation is 1. The van der Waals surface area contributed by atoms with E-state index in [2.05, 4.69) is 22.3 Å². The Bertz CT molecular complexity index is 878. The molecule has 0 saturated heterocycles. The molecule has 0 saturated carbocycles. The smallest absolute Gasteiger partial charge is 0.246 e. The van der Waals surface area contributed by atoms with Crippen molar-refractivity contribution in [1.29, 1.82) is 0 Å². The van der Waals surface area contributed by atoms with Crippen molar-refractivity contribution in [2.45, 2.75) is 31.4 Å². The van der Waals surface area contributed by atoms with Gasteiger partial charge in [0.15, 0.2) is 0 Å². The molecule has 0 aliphatic heterocycles. The molecular formula is C21H23N3O2S. The van der Waals surface area contributed by atoms with Gasteiger partial charge in [0.25, 0.3) is 0 Å². The Balaban J connectivity index is 1.55. The van der Waals surface area contributed by atoms with Crippen LogP contribution < -0.4 is 0 Å². The third kappa shape index (κ3) is 5.20. The minimum absolute atomic E-state index is 0.0472. The van der Waals surface area contributed by atoms with Gasteiger partial charge in [-0.05, 0) is 19.4 Å². The Labute approximate surface area is 163 Å². The maximum absolute atomic E-state index is 12.6. The van der Waals surface area contributed by atoms with Crippen LogP contribution in [-0.4, -0.2) is 33.2 Å². The molecule has 1 heterocycles. The lowest BCUT2D eigenvalue weighted by Gasteiger charge is -2.19. The van der Waals surface area contributed by atoms with E-state index >= 15 is 0 Å². The number of rotatable bonds is 7. The lowest BCUT2D eigenvalue weighted by molar-refractivity contribution is -0.129. The Kier molecular flexibility index (Phi) is 6.29. The molecule has 0 bridgehead atoms. The van der Waals surface area contributed by atoms with Crippen molar-refractivity contribution in [3.8, 4) is 11.4 Å². The van der Waals surface area contributed by atoms with Crippen LogP contribution in [0.15, 0.2) is 59.1 Å². The maximum Gasteiger partial charge on any atom is 0.246 e. The zero-order valence-corrected chi connectivity index (χ0v) is 16.6. The van der Waals surface area contributed by atoms with Crippen molar-refractivity contribution < 1.29 is 9.32 Å². The van der Waals surface area contributed by atoms with Gasteiger partial charge < -0.3 is 9.42 Å². The van der Waals surface area contributed by atoms with E-state index in [1.807, 2.05) is 56.3 Å². The predicted octanol–water partition coefficient (Wildman–Crippen LogP) is 4.33. The summed E-state index contributed by atoms with van der Waals surface area (Å²) in [6.45, 7) is 4.26. The number of hydrogen-bond donors (Lipinski definition) is 0. The Hall–Kier alpha value is -2.60. The van der Waals surface area contributed by atoms with E-state index in [0.29, 0.717) is 18.3 Å². The molecule has 1 atom stereocenters. The predicted molar refractivity (Wildman–Crippen MR) is 108 cm³/mol. The fourth-order valence-corrected chi connectivity index (χ4v) is 3.55. The van der Waals surface area contributed by atoms with Crippen LogP contribution in [0.3, 0.4) is 0 Å². The van der Waals surface area contributed by atoms with E-state index in [1.165, 1.54) is 11.1 Å². The second kappa shape index (κ2) is 8.86. The summed E-state index contributed by atoms with van der Waals surface area (Å²) in [5.74, 6) is 1.82. The molecule has 0 fully saturated rings. The lowest BCUT2D eigenvalue weighted by Crippen LogP contribution is -2.33. The molecule has 5 nitrogen and oxygen atoms in total. The summed E-state index contributed by atoms with van der Waals surface area (Å²) in [5, 5.41) is 3.88. The molecule has 3 aromatic rings. The minimum atomic E-state index is -0.144. The van der Waals surface area contributed by atoms with Crippen molar-refractivity contribution >= 4 is 17.7 Å². The first kappa shape index (κ1) is 19.2. The van der Waals surface area contributed by atoms with E-state index in [4.69, 9.17) is 4.52 Å². The summed E-state index contributed by atoms with van der Waals surface area (Å²) in [5.41, 5.74) is 3.29. The molecule has 27 heavy (non-hydrogen) atoms. The van der Waals surface area contributed by atoms with Gasteiger partial charge in [0.2, 0.25) is 17.6 Å². The van der Waals surface area contributed by atoms with Gasteiger partial charge in [-0.3, -0.25) is 4.79 Å². The summed E-state index contributed by atoms with van der Waals surface area (Å²) in [6.07, 6.45) is 0. The first-order valence-electron chi connectivity index (χ1n) is 8.83. The van der Waals surface area contributed by atoms with Crippen LogP contribution in [0.4, 0.5) is 0 Å². The van der Waals surface area contributed by atoms with Crippen molar-refractivity contribution in [3.05, 3.63) is 71.6 Å². The van der Waals surface area contributed by atoms with E-state index in [0.717, 1.165) is 11.3 Å². The standard InChI is InChI=1S/C21H23N3O2S/c1-15-9-11-18(12-10-15)20-22-19(26-23-20)13-24(3)21(25)16(2)27-14-17-7-5-4-6-8-17/h4-12,16H,13-14H2,1-3H3/t16-/m0/s1. The first-order valence-corrected chi connectivity index (χ1v) is 9.88. The molecule has 3 rings (SSSR count). The van der Waals surface area contributed by atoms with Crippen molar-refractivity contribution in [2.75, 3.05) is 7.05 Å². The third-order valence-electron chi connectivity index (χ3n) is 4.22. The number of benzene rings is 2. The molecule has 0 N–H and O–H groups in total. The summed E-state index contributed by atoms with van der Waals surface area (Å²) < 4.78 is 5.32. The largest absolute Gasteiger partial charge is 0.337 e. The minimum Gasteiger partial charge on any atom is -0.337 e. The van der Waals surface area contributed by atoms with Gasteiger partial charge in [-0.25, -0.2) is 0 Å². The lowest BCUT2D eigenvalue weighted by atomic mass is 10.1. The van der Waals surface area contributed by atoms with Crippen LogP contribution in [0.25, 0.3) is 11.4 Å². The summed E-state index contributed by atoms with van der Waals surface area (Å²) >= 11 is 1.62. The Morgan fingerprint density at radius 1 is 1.15 bits per heavy atom. The second-order valence-electron chi connectivity index (χ2n) is 6.51. The van der Waals surface area contributed by atoms with E-state index in [1.54, 1.807) is 23.7 Å². The number of nitrogens with zero attached hydrogens (tertiary/aromatic N) is 3. The average molecular weight is 382 g/mol. The third-order valence-corrected chi connectivity index (χ3v) is 5.42. The summed E-state index contributed by atoms with van der Waals surface area (Å²) in [7, 11) is 1.76. The van der Waals surface area contributed by atoms with Crippen molar-refractivity contribution in [1.82, 2.24) is 15.0 Å².